The van der Waals surface area contributed by atoms with Crippen LogP contribution in [0.5, 0.6) is 0 Å². The number of aryl methyl sites for hydroxylation is 1. The summed E-state index contributed by atoms with van der Waals surface area (Å²) in [5.41, 5.74) is 0.948. The highest BCUT2D eigenvalue weighted by atomic mass is 32.2. The molecule has 28 heavy (non-hydrogen) atoms. The Hall–Kier alpha value is -2.45. The van der Waals surface area contributed by atoms with E-state index in [1.54, 1.807) is 16.4 Å². The number of benzene rings is 1. The lowest BCUT2D eigenvalue weighted by molar-refractivity contribution is 0.309. The van der Waals surface area contributed by atoms with Crippen molar-refractivity contribution in [3.05, 3.63) is 60.4 Å². The summed E-state index contributed by atoms with van der Waals surface area (Å²) in [5, 5.41) is 8.68. The molecule has 0 saturated carbocycles. The summed E-state index contributed by atoms with van der Waals surface area (Å²) in [5.74, 6) is 2.41. The van der Waals surface area contributed by atoms with E-state index in [0.29, 0.717) is 23.9 Å². The van der Waals surface area contributed by atoms with Crippen LogP contribution < -0.4 is 0 Å². The Labute approximate surface area is 164 Å². The molecule has 146 valence electrons. The first-order valence-electron chi connectivity index (χ1n) is 9.78. The van der Waals surface area contributed by atoms with Gasteiger partial charge in [-0.3, -0.25) is 0 Å². The first kappa shape index (κ1) is 17.6. The van der Waals surface area contributed by atoms with Gasteiger partial charge in [-0.15, -0.1) is 10.2 Å². The van der Waals surface area contributed by atoms with Crippen LogP contribution in [-0.4, -0.2) is 45.1 Å². The second-order valence-corrected chi connectivity index (χ2v) is 9.43. The molecule has 0 unspecified atom stereocenters. The van der Waals surface area contributed by atoms with Crippen molar-refractivity contribution in [2.45, 2.75) is 43.0 Å². The first-order chi connectivity index (χ1) is 13.6. The van der Waals surface area contributed by atoms with E-state index in [0.717, 1.165) is 49.6 Å². The first-order valence-corrected chi connectivity index (χ1v) is 11.2. The van der Waals surface area contributed by atoms with Crippen LogP contribution in [0.2, 0.25) is 0 Å². The molecule has 0 radical (unpaired) electrons. The second-order valence-electron chi connectivity index (χ2n) is 7.49. The molecule has 1 saturated heterocycles. The smallest absolute Gasteiger partial charge is 0.243 e. The quantitative estimate of drug-likeness (QED) is 0.678. The fourth-order valence-corrected chi connectivity index (χ4v) is 5.75. The predicted octanol–water partition coefficient (Wildman–Crippen LogP) is 2.58. The van der Waals surface area contributed by atoms with Crippen LogP contribution >= 0.6 is 0 Å². The van der Waals surface area contributed by atoms with Crippen LogP contribution in [0.25, 0.3) is 5.69 Å². The van der Waals surface area contributed by atoms with Gasteiger partial charge in [-0.05, 0) is 55.7 Å². The summed E-state index contributed by atoms with van der Waals surface area (Å²) < 4.78 is 31.9. The molecule has 0 bridgehead atoms. The number of hydrogen-bond acceptors (Lipinski definition) is 4. The van der Waals surface area contributed by atoms with E-state index in [1.165, 1.54) is 0 Å². The van der Waals surface area contributed by atoms with Gasteiger partial charge in [0, 0.05) is 50.1 Å². The maximum Gasteiger partial charge on any atom is 0.243 e. The van der Waals surface area contributed by atoms with Crippen molar-refractivity contribution < 1.29 is 8.42 Å². The number of hydrogen-bond donors (Lipinski definition) is 0. The Morgan fingerprint density at radius 2 is 1.64 bits per heavy atom. The summed E-state index contributed by atoms with van der Waals surface area (Å²) in [7, 11) is -3.47. The fraction of sp³-hybridized carbons (Fsp3) is 0.400. The lowest BCUT2D eigenvalue weighted by Gasteiger charge is -2.30. The van der Waals surface area contributed by atoms with Crippen molar-refractivity contribution >= 4 is 10.0 Å². The van der Waals surface area contributed by atoms with E-state index in [1.807, 2.05) is 41.2 Å². The van der Waals surface area contributed by atoms with E-state index in [4.69, 9.17) is 0 Å². The van der Waals surface area contributed by atoms with Gasteiger partial charge in [-0.2, -0.15) is 4.31 Å². The topological polar surface area (TPSA) is 73.0 Å². The van der Waals surface area contributed by atoms with Gasteiger partial charge in [0.05, 0.1) is 4.90 Å². The van der Waals surface area contributed by atoms with E-state index < -0.39 is 10.0 Å². The molecule has 7 nitrogen and oxygen atoms in total. The minimum atomic E-state index is -3.47. The molecular formula is C20H23N5O2S. The average molecular weight is 398 g/mol. The lowest BCUT2D eigenvalue weighted by atomic mass is 9.97. The summed E-state index contributed by atoms with van der Waals surface area (Å²) in [4.78, 5) is 0.352. The standard InChI is InChI=1S/C20H23N5O2S/c26-28(27,18-7-5-17(6-8-18)23-11-1-2-12-23)24-14-9-16(10-15-24)20-22-21-19-4-3-13-25(19)20/h1-2,5-8,11-12,16H,3-4,9-10,13-15H2. The molecule has 0 aliphatic carbocycles. The van der Waals surface area contributed by atoms with Crippen LogP contribution in [0.15, 0.2) is 53.7 Å². The van der Waals surface area contributed by atoms with Crippen molar-refractivity contribution in [2.24, 2.45) is 0 Å². The zero-order valence-electron chi connectivity index (χ0n) is 15.6. The maximum atomic E-state index is 13.1. The summed E-state index contributed by atoms with van der Waals surface area (Å²) >= 11 is 0. The molecule has 2 aromatic heterocycles. The summed E-state index contributed by atoms with van der Waals surface area (Å²) in [6, 6.07) is 11.0. The minimum absolute atomic E-state index is 0.293. The van der Waals surface area contributed by atoms with Gasteiger partial charge in [0.1, 0.15) is 11.6 Å². The van der Waals surface area contributed by atoms with Crippen molar-refractivity contribution in [3.8, 4) is 5.69 Å². The van der Waals surface area contributed by atoms with Gasteiger partial charge >= 0.3 is 0 Å². The molecule has 2 aliphatic heterocycles. The molecule has 2 aliphatic rings. The molecule has 5 rings (SSSR count). The Morgan fingerprint density at radius 3 is 2.36 bits per heavy atom. The van der Waals surface area contributed by atoms with E-state index >= 15 is 0 Å². The molecular weight excluding hydrogens is 374 g/mol. The molecule has 1 fully saturated rings. The largest absolute Gasteiger partial charge is 0.324 e. The monoisotopic (exact) mass is 397 g/mol. The van der Waals surface area contributed by atoms with Crippen LogP contribution in [0.4, 0.5) is 0 Å². The summed E-state index contributed by atoms with van der Waals surface area (Å²) in [6.07, 6.45) is 7.59. The Kier molecular flexibility index (Phi) is 4.32. The van der Waals surface area contributed by atoms with Crippen LogP contribution in [0.1, 0.15) is 36.8 Å². The Balaban J connectivity index is 1.30. The van der Waals surface area contributed by atoms with Crippen molar-refractivity contribution in [3.63, 3.8) is 0 Å². The van der Waals surface area contributed by atoms with Crippen LogP contribution in [-0.2, 0) is 23.0 Å². The van der Waals surface area contributed by atoms with Gasteiger partial charge in [-0.1, -0.05) is 0 Å². The van der Waals surface area contributed by atoms with E-state index in [9.17, 15) is 8.42 Å². The molecule has 4 heterocycles. The van der Waals surface area contributed by atoms with Gasteiger partial charge in [0.25, 0.3) is 0 Å². The molecule has 1 aromatic carbocycles. The average Bonchev–Trinajstić information content (AvgIpc) is 3.46. The highest BCUT2D eigenvalue weighted by molar-refractivity contribution is 7.89. The van der Waals surface area contributed by atoms with Crippen LogP contribution in [0, 0.1) is 0 Å². The third-order valence-electron chi connectivity index (χ3n) is 5.83. The van der Waals surface area contributed by atoms with E-state index in [-0.39, 0.29) is 0 Å². The third-order valence-corrected chi connectivity index (χ3v) is 7.75. The van der Waals surface area contributed by atoms with Crippen molar-refractivity contribution in [1.29, 1.82) is 0 Å². The van der Waals surface area contributed by atoms with Gasteiger partial charge in [-0.25, -0.2) is 8.42 Å². The number of piperidine rings is 1. The Morgan fingerprint density at radius 1 is 0.929 bits per heavy atom. The number of fused-ring (bicyclic) bond motifs is 1. The van der Waals surface area contributed by atoms with Crippen LogP contribution in [0.3, 0.4) is 0 Å². The highest BCUT2D eigenvalue weighted by Gasteiger charge is 2.32. The number of nitrogens with zero attached hydrogens (tertiary/aromatic N) is 5. The number of rotatable bonds is 4. The maximum absolute atomic E-state index is 13.1. The Bertz CT molecular complexity index is 1060. The number of sulfonamides is 1. The van der Waals surface area contributed by atoms with E-state index in [2.05, 4.69) is 14.8 Å². The molecule has 8 heteroatoms. The highest BCUT2D eigenvalue weighted by Crippen LogP contribution is 2.31. The molecule has 0 N–H and O–H groups in total. The second kappa shape index (κ2) is 6.86. The molecule has 0 spiro atoms. The SMILES string of the molecule is O=S(=O)(c1ccc(-n2cccc2)cc1)N1CCC(c2nnc3n2CCC3)CC1. The third kappa shape index (κ3) is 2.97. The van der Waals surface area contributed by atoms with Gasteiger partial charge in [0.2, 0.25) is 10.0 Å². The predicted molar refractivity (Wildman–Crippen MR) is 105 cm³/mol. The fourth-order valence-electron chi connectivity index (χ4n) is 4.28. The normalized spacial score (nSPS) is 18.4. The zero-order chi connectivity index (χ0) is 19.1. The molecule has 0 atom stereocenters. The molecule has 3 aromatic rings. The summed E-state index contributed by atoms with van der Waals surface area (Å²) in [6.45, 7) is 2.03. The van der Waals surface area contributed by atoms with Crippen molar-refractivity contribution in [2.75, 3.05) is 13.1 Å². The number of aromatic nitrogens is 4. The van der Waals surface area contributed by atoms with Gasteiger partial charge < -0.3 is 9.13 Å². The van der Waals surface area contributed by atoms with Crippen molar-refractivity contribution in [1.82, 2.24) is 23.6 Å². The lowest BCUT2D eigenvalue weighted by Crippen LogP contribution is -2.38. The molecule has 0 amide bonds. The zero-order valence-corrected chi connectivity index (χ0v) is 16.4. The van der Waals surface area contributed by atoms with Gasteiger partial charge in [0.15, 0.2) is 0 Å². The minimum Gasteiger partial charge on any atom is -0.324 e.